The Balaban J connectivity index is 1.00. The number of hydrogen-bond donors (Lipinski definition) is 1. The lowest BCUT2D eigenvalue weighted by Gasteiger charge is -2.54. The van der Waals surface area contributed by atoms with E-state index in [-0.39, 0.29) is 0 Å². The first-order valence-corrected chi connectivity index (χ1v) is 16.1. The van der Waals surface area contributed by atoms with Crippen LogP contribution in [0.4, 0.5) is 0 Å². The van der Waals surface area contributed by atoms with Crippen LogP contribution in [0, 0.1) is 29.6 Å². The molecule has 10 atom stereocenters. The Bertz CT molecular complexity index is 1230. The Hall–Kier alpha value is -1.78. The van der Waals surface area contributed by atoms with Gasteiger partial charge in [-0.2, -0.15) is 0 Å². The highest BCUT2D eigenvalue weighted by atomic mass is 16.5. The molecule has 10 rings (SSSR count). The summed E-state index contributed by atoms with van der Waals surface area (Å²) >= 11 is 0. The summed E-state index contributed by atoms with van der Waals surface area (Å²) in [6.45, 7) is 7.73. The summed E-state index contributed by atoms with van der Waals surface area (Å²) < 4.78 is 5.59. The quantitative estimate of drug-likeness (QED) is 0.433. The molecule has 6 aliphatic heterocycles. The van der Waals surface area contributed by atoms with Crippen molar-refractivity contribution < 1.29 is 4.74 Å². The monoisotopic (exact) mass is 513 g/mol. The van der Waals surface area contributed by atoms with Gasteiger partial charge in [-0.3, -0.25) is 9.80 Å². The van der Waals surface area contributed by atoms with Gasteiger partial charge in [0.25, 0.3) is 0 Å². The zero-order chi connectivity index (χ0) is 25.4. The fourth-order valence-electron chi connectivity index (χ4n) is 10.8. The van der Waals surface area contributed by atoms with E-state index < -0.39 is 0 Å². The minimum atomic E-state index is 0.688. The van der Waals surface area contributed by atoms with Gasteiger partial charge in [-0.25, -0.2) is 0 Å². The molecule has 2 aromatic rings. The van der Waals surface area contributed by atoms with Crippen molar-refractivity contribution in [1.29, 1.82) is 0 Å². The summed E-state index contributed by atoms with van der Waals surface area (Å²) in [7, 11) is 1.79. The van der Waals surface area contributed by atoms with Crippen LogP contribution in [-0.4, -0.2) is 60.2 Å². The van der Waals surface area contributed by atoms with E-state index in [0.717, 1.165) is 47.4 Å². The highest BCUT2D eigenvalue weighted by molar-refractivity contribution is 5.86. The molecule has 4 heteroatoms. The third-order valence-corrected chi connectivity index (χ3v) is 12.1. The number of nitrogens with one attached hydrogen (secondary N) is 1. The average molecular weight is 514 g/mol. The number of piperidine rings is 4. The summed E-state index contributed by atoms with van der Waals surface area (Å²) in [4.78, 5) is 9.76. The lowest BCUT2D eigenvalue weighted by atomic mass is 9.63. The molecule has 1 aromatic heterocycles. The fourth-order valence-corrected chi connectivity index (χ4v) is 10.8. The molecule has 2 saturated carbocycles. The molecule has 38 heavy (non-hydrogen) atoms. The lowest BCUT2D eigenvalue weighted by molar-refractivity contribution is -0.0283. The minimum absolute atomic E-state index is 0.688. The maximum absolute atomic E-state index is 5.59. The number of fused-ring (bicyclic) bond motifs is 5. The molecule has 0 spiro atoms. The molecule has 6 fully saturated rings. The van der Waals surface area contributed by atoms with Crippen molar-refractivity contribution in [2.45, 2.75) is 89.1 Å². The van der Waals surface area contributed by atoms with Gasteiger partial charge in [0.15, 0.2) is 0 Å². The summed E-state index contributed by atoms with van der Waals surface area (Å²) in [6, 6.07) is 8.22. The van der Waals surface area contributed by atoms with E-state index in [2.05, 4.69) is 46.0 Å². The number of hydrogen-bond acceptors (Lipinski definition) is 3. The predicted octanol–water partition coefficient (Wildman–Crippen LogP) is 6.76. The van der Waals surface area contributed by atoms with Crippen molar-refractivity contribution in [3.8, 4) is 5.75 Å². The third-order valence-electron chi connectivity index (χ3n) is 12.1. The van der Waals surface area contributed by atoms with Gasteiger partial charge in [-0.1, -0.05) is 25.0 Å². The Kier molecular flexibility index (Phi) is 5.95. The average Bonchev–Trinajstić information content (AvgIpc) is 3.20. The number of methoxy groups -OCH3 is 1. The number of rotatable bonds is 6. The largest absolute Gasteiger partial charge is 0.497 e. The molecule has 8 aliphatic rings. The van der Waals surface area contributed by atoms with Crippen molar-refractivity contribution in [2.24, 2.45) is 29.6 Å². The number of H-pyrrole nitrogens is 1. The third kappa shape index (κ3) is 3.76. The molecule has 4 saturated heterocycles. The van der Waals surface area contributed by atoms with E-state index in [0.29, 0.717) is 5.92 Å². The number of benzene rings is 1. The van der Waals surface area contributed by atoms with Gasteiger partial charge in [0.05, 0.1) is 7.11 Å². The van der Waals surface area contributed by atoms with Gasteiger partial charge in [0, 0.05) is 60.8 Å². The van der Waals surface area contributed by atoms with Crippen LogP contribution in [0.5, 0.6) is 5.75 Å². The smallest absolute Gasteiger partial charge is 0.119 e. The first-order valence-electron chi connectivity index (χ1n) is 16.1. The van der Waals surface area contributed by atoms with Crippen LogP contribution in [0.25, 0.3) is 10.9 Å². The van der Waals surface area contributed by atoms with E-state index in [4.69, 9.17) is 4.74 Å². The first kappa shape index (κ1) is 24.1. The van der Waals surface area contributed by atoms with E-state index in [1.165, 1.54) is 101 Å². The Morgan fingerprint density at radius 1 is 0.947 bits per heavy atom. The molecular formula is C34H47N3O. The van der Waals surface area contributed by atoms with Crippen molar-refractivity contribution in [3.05, 3.63) is 41.1 Å². The van der Waals surface area contributed by atoms with Gasteiger partial charge in [0.2, 0.25) is 0 Å². The Labute approximate surface area is 229 Å². The Morgan fingerprint density at radius 3 is 2.58 bits per heavy atom. The van der Waals surface area contributed by atoms with Crippen LogP contribution in [0.15, 0.2) is 29.8 Å². The summed E-state index contributed by atoms with van der Waals surface area (Å²) in [5.74, 6) is 6.21. The summed E-state index contributed by atoms with van der Waals surface area (Å²) in [5.41, 5.74) is 6.34. The highest BCUT2D eigenvalue weighted by Gasteiger charge is 2.50. The van der Waals surface area contributed by atoms with Gasteiger partial charge in [-0.15, -0.1) is 0 Å². The molecule has 7 heterocycles. The van der Waals surface area contributed by atoms with E-state index in [9.17, 15) is 0 Å². The van der Waals surface area contributed by atoms with Crippen LogP contribution in [0.1, 0.15) is 81.9 Å². The van der Waals surface area contributed by atoms with Crippen molar-refractivity contribution >= 4 is 10.9 Å². The summed E-state index contributed by atoms with van der Waals surface area (Å²) in [6.07, 6.45) is 16.6. The number of aromatic amines is 1. The maximum Gasteiger partial charge on any atom is 0.119 e. The zero-order valence-corrected chi connectivity index (χ0v) is 23.6. The van der Waals surface area contributed by atoms with Gasteiger partial charge >= 0.3 is 0 Å². The minimum Gasteiger partial charge on any atom is -0.497 e. The number of nitrogens with zero attached hydrogens (tertiary/aromatic N) is 2. The first-order chi connectivity index (χ1) is 18.7. The second-order valence-electron chi connectivity index (χ2n) is 13.9. The zero-order valence-electron chi connectivity index (χ0n) is 23.6. The second kappa shape index (κ2) is 9.41. The molecule has 0 amide bonds. The van der Waals surface area contributed by atoms with Crippen LogP contribution in [-0.2, 0) is 6.42 Å². The van der Waals surface area contributed by atoms with Crippen LogP contribution in [0.2, 0.25) is 0 Å². The molecular weight excluding hydrogens is 466 g/mol. The summed E-state index contributed by atoms with van der Waals surface area (Å²) in [5, 5.41) is 1.40. The molecule has 4 nitrogen and oxygen atoms in total. The van der Waals surface area contributed by atoms with Crippen molar-refractivity contribution in [3.63, 3.8) is 0 Å². The maximum atomic E-state index is 5.59. The molecule has 1 aromatic carbocycles. The Morgan fingerprint density at radius 2 is 1.74 bits per heavy atom. The van der Waals surface area contributed by atoms with E-state index in [1.807, 2.05) is 5.57 Å². The molecule has 0 radical (unpaired) electrons. The number of aromatic nitrogens is 1. The van der Waals surface area contributed by atoms with Crippen LogP contribution in [0.3, 0.4) is 0 Å². The standard InChI is InChI=1S/C34H47N3O/c1-3-23-14-21-16-28-24(8-5-12-36(19-21)33(23)28)6-4-7-25-15-22-17-30-32-27(11-13-37(20-22)34(25)30)29-18-26(38-2)9-10-31(29)35-32/h8-10,18,21-23,25,28,30,33-35H,3-7,11-17,19-20H2,1-2H3. The highest BCUT2D eigenvalue weighted by Crippen LogP contribution is 2.52. The predicted molar refractivity (Wildman–Crippen MR) is 155 cm³/mol. The molecule has 1 N–H and O–H groups in total. The van der Waals surface area contributed by atoms with Gasteiger partial charge in [-0.05, 0) is 111 Å². The molecule has 204 valence electrons. The van der Waals surface area contributed by atoms with E-state index in [1.54, 1.807) is 18.4 Å². The van der Waals surface area contributed by atoms with Gasteiger partial charge in [0.1, 0.15) is 5.75 Å². The normalized spacial score (nSPS) is 40.9. The van der Waals surface area contributed by atoms with Crippen LogP contribution >= 0.6 is 0 Å². The van der Waals surface area contributed by atoms with Crippen LogP contribution < -0.4 is 4.74 Å². The van der Waals surface area contributed by atoms with Crippen molar-refractivity contribution in [2.75, 3.05) is 33.3 Å². The lowest BCUT2D eigenvalue weighted by Crippen LogP contribution is -2.57. The van der Waals surface area contributed by atoms with Crippen molar-refractivity contribution in [1.82, 2.24) is 14.8 Å². The fraction of sp³-hybridized carbons (Fsp3) is 0.706. The molecule has 2 aliphatic carbocycles. The SMILES string of the molecule is CCC1CC2CC3C(CCCC4CC5CC6c7[nH]c8ccc(OC)cc8c7CCN(C5)C46)=CCCN(C2)C13. The second-order valence-corrected chi connectivity index (χ2v) is 13.9. The van der Waals surface area contributed by atoms with E-state index >= 15 is 0 Å². The molecule has 10 unspecified atom stereocenters. The number of ether oxygens (including phenoxy) is 1. The topological polar surface area (TPSA) is 31.5 Å². The van der Waals surface area contributed by atoms with Gasteiger partial charge < -0.3 is 9.72 Å². The molecule has 8 bridgehead atoms.